The van der Waals surface area contributed by atoms with E-state index < -0.39 is 5.43 Å². The molecule has 18 heavy (non-hydrogen) atoms. The summed E-state index contributed by atoms with van der Waals surface area (Å²) in [6.07, 6.45) is 0. The highest BCUT2D eigenvalue weighted by Gasteiger charge is 2.22. The average molecular weight is 307 g/mol. The summed E-state index contributed by atoms with van der Waals surface area (Å²) in [6, 6.07) is 4.96. The fourth-order valence-electron chi connectivity index (χ4n) is 1.45. The van der Waals surface area contributed by atoms with Crippen LogP contribution in [0.1, 0.15) is 5.76 Å². The van der Waals surface area contributed by atoms with Crippen molar-refractivity contribution in [2.24, 2.45) is 0 Å². The van der Waals surface area contributed by atoms with E-state index in [2.05, 4.69) is 5.16 Å². The molecule has 0 aliphatic heterocycles. The van der Waals surface area contributed by atoms with Crippen LogP contribution < -0.4 is 4.74 Å². The molecule has 0 aliphatic carbocycles. The van der Waals surface area contributed by atoms with Crippen molar-refractivity contribution in [2.75, 3.05) is 0 Å². The van der Waals surface area contributed by atoms with Crippen LogP contribution >= 0.6 is 34.8 Å². The summed E-state index contributed by atoms with van der Waals surface area (Å²) in [4.78, 5) is 10.8. The zero-order chi connectivity index (χ0) is 13.3. The van der Waals surface area contributed by atoms with Crippen LogP contribution in [0.25, 0.3) is 11.3 Å². The second kappa shape index (κ2) is 5.18. The number of ether oxygens (including phenoxy) is 1. The Hall–Kier alpha value is -1.23. The van der Waals surface area contributed by atoms with Gasteiger partial charge in [0, 0.05) is 24.1 Å². The molecule has 0 saturated carbocycles. The summed E-state index contributed by atoms with van der Waals surface area (Å²) >= 11 is 17.3. The fraction of sp³-hybridized carbons (Fsp3) is 0.0909. The molecule has 0 amide bonds. The van der Waals surface area contributed by atoms with Crippen molar-refractivity contribution in [1.29, 1.82) is 0 Å². The first-order valence-electron chi connectivity index (χ1n) is 4.78. The lowest BCUT2D eigenvalue weighted by atomic mass is 10.1. The highest BCUT2D eigenvalue weighted by Crippen LogP contribution is 2.40. The maximum atomic E-state index is 10.8. The Balaban J connectivity index is 2.61. The number of nitrogens with zero attached hydrogens (tertiary/aromatic N) is 1. The second-order valence-electron chi connectivity index (χ2n) is 3.35. The Morgan fingerprint density at radius 2 is 1.94 bits per heavy atom. The minimum absolute atomic E-state index is 0.102. The zero-order valence-corrected chi connectivity index (χ0v) is 11.3. The van der Waals surface area contributed by atoms with Crippen molar-refractivity contribution >= 4 is 40.2 Å². The molecule has 0 atom stereocenters. The molecule has 0 saturated heterocycles. The van der Waals surface area contributed by atoms with Gasteiger partial charge in [0.15, 0.2) is 11.5 Å². The van der Waals surface area contributed by atoms with Crippen molar-refractivity contribution in [2.45, 2.75) is 6.92 Å². The molecule has 2 aromatic rings. The molecule has 4 nitrogen and oxygen atoms in total. The third kappa shape index (κ3) is 2.46. The van der Waals surface area contributed by atoms with Crippen LogP contribution in [0.2, 0.25) is 10.0 Å². The van der Waals surface area contributed by atoms with Gasteiger partial charge < -0.3 is 9.26 Å². The average Bonchev–Trinajstić information content (AvgIpc) is 2.61. The van der Waals surface area contributed by atoms with Crippen LogP contribution in [0.3, 0.4) is 0 Å². The summed E-state index contributed by atoms with van der Waals surface area (Å²) in [6.45, 7) is 1.58. The topological polar surface area (TPSA) is 52.3 Å². The van der Waals surface area contributed by atoms with Gasteiger partial charge in [-0.3, -0.25) is 0 Å². The minimum atomic E-state index is -0.995. The molecule has 0 aliphatic rings. The summed E-state index contributed by atoms with van der Waals surface area (Å²) < 4.78 is 9.79. The number of halogens is 3. The van der Waals surface area contributed by atoms with Gasteiger partial charge >= 0.3 is 5.43 Å². The van der Waals surface area contributed by atoms with Crippen molar-refractivity contribution in [3.63, 3.8) is 0 Å². The lowest BCUT2D eigenvalue weighted by Crippen LogP contribution is -1.98. The van der Waals surface area contributed by atoms with Gasteiger partial charge in [0.05, 0.1) is 10.0 Å². The standard InChI is InChI=1S/C11H6Cl3NO3/c1-5-10(17-11(14)16)9(15-18-5)8-6(12)3-2-4-7(8)13/h2-4H,1H3. The Morgan fingerprint density at radius 3 is 2.50 bits per heavy atom. The zero-order valence-electron chi connectivity index (χ0n) is 9.04. The van der Waals surface area contributed by atoms with E-state index in [1.165, 1.54) is 0 Å². The molecule has 1 aromatic heterocycles. The molecule has 2 rings (SSSR count). The van der Waals surface area contributed by atoms with Gasteiger partial charge in [-0.05, 0) is 12.1 Å². The molecule has 0 spiro atoms. The van der Waals surface area contributed by atoms with Crippen molar-refractivity contribution in [3.8, 4) is 17.0 Å². The summed E-state index contributed by atoms with van der Waals surface area (Å²) in [7, 11) is 0. The molecule has 0 unspecified atom stereocenters. The molecule has 0 bridgehead atoms. The van der Waals surface area contributed by atoms with E-state index in [1.807, 2.05) is 0 Å². The van der Waals surface area contributed by atoms with Crippen molar-refractivity contribution < 1.29 is 14.1 Å². The lowest BCUT2D eigenvalue weighted by Gasteiger charge is -2.05. The normalized spacial score (nSPS) is 10.4. The summed E-state index contributed by atoms with van der Waals surface area (Å²) in [5.41, 5.74) is -0.339. The maximum Gasteiger partial charge on any atom is 0.409 e. The number of benzene rings is 1. The van der Waals surface area contributed by atoms with Crippen LogP contribution in [0, 0.1) is 6.92 Å². The largest absolute Gasteiger partial charge is 0.409 e. The molecule has 7 heteroatoms. The van der Waals surface area contributed by atoms with Gasteiger partial charge in [0.2, 0.25) is 5.75 Å². The molecule has 0 N–H and O–H groups in total. The molecule has 0 fully saturated rings. The Bertz CT molecular complexity index is 589. The minimum Gasteiger partial charge on any atom is -0.408 e. The second-order valence-corrected chi connectivity index (χ2v) is 4.48. The van der Waals surface area contributed by atoms with Gasteiger partial charge in [-0.2, -0.15) is 0 Å². The molecular weight excluding hydrogens is 300 g/mol. The molecule has 1 aromatic carbocycles. The Morgan fingerprint density at radius 1 is 1.33 bits per heavy atom. The van der Waals surface area contributed by atoms with E-state index in [1.54, 1.807) is 25.1 Å². The highest BCUT2D eigenvalue weighted by atomic mass is 35.5. The molecular formula is C11H6Cl3NO3. The first kappa shape index (κ1) is 13.2. The quantitative estimate of drug-likeness (QED) is 0.755. The monoisotopic (exact) mass is 305 g/mol. The third-order valence-electron chi connectivity index (χ3n) is 2.19. The first-order valence-corrected chi connectivity index (χ1v) is 5.92. The van der Waals surface area contributed by atoms with Crippen molar-refractivity contribution in [1.82, 2.24) is 5.16 Å². The first-order chi connectivity index (χ1) is 8.50. The van der Waals surface area contributed by atoms with Crippen LogP contribution in [-0.4, -0.2) is 10.6 Å². The summed E-state index contributed by atoms with van der Waals surface area (Å²) in [5, 5.41) is 4.51. The Kier molecular flexibility index (Phi) is 3.80. The summed E-state index contributed by atoms with van der Waals surface area (Å²) in [5.74, 6) is 0.403. The third-order valence-corrected chi connectivity index (χ3v) is 2.90. The van der Waals surface area contributed by atoms with E-state index in [0.717, 1.165) is 0 Å². The fourth-order valence-corrected chi connectivity index (χ4v) is 2.10. The molecule has 1 heterocycles. The number of rotatable bonds is 2. The van der Waals surface area contributed by atoms with Gasteiger partial charge in [0.25, 0.3) is 0 Å². The number of aryl methyl sites for hydroxylation is 1. The SMILES string of the molecule is Cc1onc(-c2c(Cl)cccc2Cl)c1OC(=O)Cl. The van der Waals surface area contributed by atoms with Crippen LogP contribution in [0.4, 0.5) is 4.79 Å². The van der Waals surface area contributed by atoms with Gasteiger partial charge in [-0.25, -0.2) is 4.79 Å². The number of hydrogen-bond acceptors (Lipinski definition) is 4. The van der Waals surface area contributed by atoms with Gasteiger partial charge in [-0.1, -0.05) is 34.4 Å². The lowest BCUT2D eigenvalue weighted by molar-refractivity contribution is 0.224. The number of carbonyl (C=O) groups excluding carboxylic acids is 1. The van der Waals surface area contributed by atoms with E-state index in [0.29, 0.717) is 21.4 Å². The number of aromatic nitrogens is 1. The van der Waals surface area contributed by atoms with Crippen LogP contribution in [0.15, 0.2) is 22.7 Å². The van der Waals surface area contributed by atoms with E-state index in [-0.39, 0.29) is 11.4 Å². The predicted molar refractivity (Wildman–Crippen MR) is 68.6 cm³/mol. The van der Waals surface area contributed by atoms with E-state index >= 15 is 0 Å². The smallest absolute Gasteiger partial charge is 0.408 e. The molecule has 94 valence electrons. The predicted octanol–water partition coefficient (Wildman–Crippen LogP) is 4.69. The van der Waals surface area contributed by atoms with Crippen LogP contribution in [0.5, 0.6) is 5.75 Å². The number of hydrogen-bond donors (Lipinski definition) is 0. The number of carbonyl (C=O) groups is 1. The van der Waals surface area contributed by atoms with Crippen molar-refractivity contribution in [3.05, 3.63) is 34.0 Å². The van der Waals surface area contributed by atoms with Crippen LogP contribution in [-0.2, 0) is 0 Å². The Labute approximate surface area is 117 Å². The van der Waals surface area contributed by atoms with Gasteiger partial charge in [-0.15, -0.1) is 0 Å². The van der Waals surface area contributed by atoms with E-state index in [4.69, 9.17) is 44.1 Å². The highest BCUT2D eigenvalue weighted by molar-refractivity contribution is 6.61. The van der Waals surface area contributed by atoms with E-state index in [9.17, 15) is 4.79 Å². The maximum absolute atomic E-state index is 10.8. The van der Waals surface area contributed by atoms with Gasteiger partial charge in [0.1, 0.15) is 0 Å². The molecule has 0 radical (unpaired) electrons.